The summed E-state index contributed by atoms with van der Waals surface area (Å²) < 4.78 is 5.35. The summed E-state index contributed by atoms with van der Waals surface area (Å²) in [6, 6.07) is 8.08. The first kappa shape index (κ1) is 15.0. The lowest BCUT2D eigenvalue weighted by Gasteiger charge is -2.15. The molecule has 2 atom stereocenters. The van der Waals surface area contributed by atoms with Crippen LogP contribution in [0.25, 0.3) is 0 Å². The number of methoxy groups -OCH3 is 1. The molecule has 1 aliphatic rings. The molecule has 1 aromatic carbocycles. The molecule has 0 aliphatic heterocycles. The maximum Gasteiger partial charge on any atom is 0.251 e. The highest BCUT2D eigenvalue weighted by Gasteiger charge is 2.26. The van der Waals surface area contributed by atoms with Crippen molar-refractivity contribution in [3.8, 4) is 0 Å². The van der Waals surface area contributed by atoms with Crippen molar-refractivity contribution in [2.45, 2.75) is 37.8 Å². The van der Waals surface area contributed by atoms with Crippen molar-refractivity contribution in [3.63, 3.8) is 0 Å². The van der Waals surface area contributed by atoms with Gasteiger partial charge >= 0.3 is 0 Å². The number of amides is 1. The summed E-state index contributed by atoms with van der Waals surface area (Å²) in [7, 11) is 3.66. The number of ether oxygens (including phenoxy) is 1. The Morgan fingerprint density at radius 2 is 2.15 bits per heavy atom. The zero-order valence-electron chi connectivity index (χ0n) is 12.3. The molecular formula is C16H24N2O2. The van der Waals surface area contributed by atoms with Gasteiger partial charge in [0.2, 0.25) is 0 Å². The first-order chi connectivity index (χ1) is 9.74. The fourth-order valence-corrected chi connectivity index (χ4v) is 2.77. The van der Waals surface area contributed by atoms with Crippen LogP contribution in [0.1, 0.15) is 35.2 Å². The fourth-order valence-electron chi connectivity index (χ4n) is 2.77. The lowest BCUT2D eigenvalue weighted by Crippen LogP contribution is -2.34. The van der Waals surface area contributed by atoms with Crippen LogP contribution < -0.4 is 10.6 Å². The Morgan fingerprint density at radius 1 is 1.35 bits per heavy atom. The standard InChI is InChI=1S/C16H24N2O2/c1-17-10-9-12-5-3-4-6-15(12)16(19)18-13-7-8-14(11-13)20-2/h3-6,13-14,17H,7-11H2,1-2H3,(H,18,19). The van der Waals surface area contributed by atoms with Gasteiger partial charge < -0.3 is 15.4 Å². The highest BCUT2D eigenvalue weighted by molar-refractivity contribution is 5.95. The molecule has 1 saturated carbocycles. The van der Waals surface area contributed by atoms with Crippen LogP contribution in [-0.2, 0) is 11.2 Å². The molecule has 0 aromatic heterocycles. The summed E-state index contributed by atoms with van der Waals surface area (Å²) >= 11 is 0. The quantitative estimate of drug-likeness (QED) is 0.832. The molecule has 1 aromatic rings. The number of hydrogen-bond acceptors (Lipinski definition) is 3. The summed E-state index contributed by atoms with van der Waals surface area (Å²) in [5.74, 6) is 0.0402. The third-order valence-electron chi connectivity index (χ3n) is 3.96. The number of rotatable bonds is 6. The van der Waals surface area contributed by atoms with Gasteiger partial charge in [-0.3, -0.25) is 4.79 Å². The molecule has 0 saturated heterocycles. The summed E-state index contributed by atoms with van der Waals surface area (Å²) in [5, 5.41) is 6.26. The van der Waals surface area contributed by atoms with E-state index in [4.69, 9.17) is 4.74 Å². The predicted molar refractivity (Wildman–Crippen MR) is 80.0 cm³/mol. The Bertz CT molecular complexity index is 448. The van der Waals surface area contributed by atoms with Crippen molar-refractivity contribution in [2.24, 2.45) is 0 Å². The third kappa shape index (κ3) is 3.81. The van der Waals surface area contributed by atoms with E-state index in [0.29, 0.717) is 6.10 Å². The van der Waals surface area contributed by atoms with Crippen LogP contribution >= 0.6 is 0 Å². The summed E-state index contributed by atoms with van der Waals surface area (Å²) in [6.45, 7) is 0.874. The minimum atomic E-state index is 0.0402. The van der Waals surface area contributed by atoms with Gasteiger partial charge in [0, 0.05) is 18.7 Å². The molecule has 0 heterocycles. The molecule has 110 valence electrons. The zero-order chi connectivity index (χ0) is 14.4. The van der Waals surface area contributed by atoms with Gasteiger partial charge in [-0.25, -0.2) is 0 Å². The van der Waals surface area contributed by atoms with Gasteiger partial charge in [-0.1, -0.05) is 18.2 Å². The van der Waals surface area contributed by atoms with Crippen LogP contribution in [0.2, 0.25) is 0 Å². The van der Waals surface area contributed by atoms with Crippen molar-refractivity contribution >= 4 is 5.91 Å². The zero-order valence-corrected chi connectivity index (χ0v) is 12.3. The maximum atomic E-state index is 12.4. The van der Waals surface area contributed by atoms with Gasteiger partial charge in [-0.2, -0.15) is 0 Å². The number of carbonyl (C=O) groups excluding carboxylic acids is 1. The van der Waals surface area contributed by atoms with Gasteiger partial charge in [0.15, 0.2) is 0 Å². The van der Waals surface area contributed by atoms with Gasteiger partial charge in [0.1, 0.15) is 0 Å². The fraction of sp³-hybridized carbons (Fsp3) is 0.562. The predicted octanol–water partition coefficient (Wildman–Crippen LogP) is 1.75. The molecule has 1 fully saturated rings. The van der Waals surface area contributed by atoms with Crippen LogP contribution in [0.5, 0.6) is 0 Å². The van der Waals surface area contributed by atoms with E-state index in [0.717, 1.165) is 43.4 Å². The lowest BCUT2D eigenvalue weighted by atomic mass is 10.0. The van der Waals surface area contributed by atoms with E-state index in [-0.39, 0.29) is 11.9 Å². The molecule has 4 nitrogen and oxygen atoms in total. The van der Waals surface area contributed by atoms with E-state index in [1.807, 2.05) is 31.3 Å². The second kappa shape index (κ2) is 7.41. The minimum Gasteiger partial charge on any atom is -0.381 e. The van der Waals surface area contributed by atoms with Crippen molar-refractivity contribution < 1.29 is 9.53 Å². The van der Waals surface area contributed by atoms with E-state index < -0.39 is 0 Å². The van der Waals surface area contributed by atoms with Gasteiger partial charge in [-0.05, 0) is 50.9 Å². The smallest absolute Gasteiger partial charge is 0.251 e. The van der Waals surface area contributed by atoms with E-state index >= 15 is 0 Å². The average molecular weight is 276 g/mol. The minimum absolute atomic E-state index is 0.0402. The summed E-state index contributed by atoms with van der Waals surface area (Å²) in [4.78, 5) is 12.4. The number of benzene rings is 1. The summed E-state index contributed by atoms with van der Waals surface area (Å²) in [5.41, 5.74) is 1.89. The highest BCUT2D eigenvalue weighted by Crippen LogP contribution is 2.22. The Balaban J connectivity index is 1.98. The molecule has 20 heavy (non-hydrogen) atoms. The molecule has 0 radical (unpaired) electrons. The van der Waals surface area contributed by atoms with E-state index in [1.165, 1.54) is 0 Å². The number of likely N-dealkylation sites (N-methyl/N-ethyl adjacent to an activating group) is 1. The number of carbonyl (C=O) groups is 1. The SMILES string of the molecule is CNCCc1ccccc1C(=O)NC1CCC(OC)C1. The highest BCUT2D eigenvalue weighted by atomic mass is 16.5. The van der Waals surface area contributed by atoms with Gasteiger partial charge in [0.25, 0.3) is 5.91 Å². The second-order valence-corrected chi connectivity index (χ2v) is 5.35. The first-order valence-corrected chi connectivity index (χ1v) is 7.30. The molecule has 1 amide bonds. The monoisotopic (exact) mass is 276 g/mol. The topological polar surface area (TPSA) is 50.4 Å². The Labute approximate surface area is 120 Å². The molecular weight excluding hydrogens is 252 g/mol. The average Bonchev–Trinajstić information content (AvgIpc) is 2.93. The Hall–Kier alpha value is -1.39. The van der Waals surface area contributed by atoms with E-state index in [2.05, 4.69) is 10.6 Å². The largest absolute Gasteiger partial charge is 0.381 e. The molecule has 2 rings (SSSR count). The lowest BCUT2D eigenvalue weighted by molar-refractivity contribution is 0.0914. The Kier molecular flexibility index (Phi) is 5.56. The maximum absolute atomic E-state index is 12.4. The Morgan fingerprint density at radius 3 is 2.85 bits per heavy atom. The van der Waals surface area contributed by atoms with Crippen LogP contribution in [0.4, 0.5) is 0 Å². The normalized spacial score (nSPS) is 21.9. The molecule has 2 N–H and O–H groups in total. The number of nitrogens with one attached hydrogen (secondary N) is 2. The third-order valence-corrected chi connectivity index (χ3v) is 3.96. The van der Waals surface area contributed by atoms with Crippen LogP contribution in [0, 0.1) is 0 Å². The summed E-state index contributed by atoms with van der Waals surface area (Å²) in [6.07, 6.45) is 4.11. The van der Waals surface area contributed by atoms with E-state index in [9.17, 15) is 4.79 Å². The first-order valence-electron chi connectivity index (χ1n) is 7.30. The van der Waals surface area contributed by atoms with Crippen LogP contribution in [0.3, 0.4) is 0 Å². The van der Waals surface area contributed by atoms with Crippen molar-refractivity contribution in [2.75, 3.05) is 20.7 Å². The van der Waals surface area contributed by atoms with Crippen molar-refractivity contribution in [3.05, 3.63) is 35.4 Å². The molecule has 1 aliphatic carbocycles. The second-order valence-electron chi connectivity index (χ2n) is 5.35. The van der Waals surface area contributed by atoms with Crippen molar-refractivity contribution in [1.29, 1.82) is 0 Å². The van der Waals surface area contributed by atoms with Gasteiger partial charge in [-0.15, -0.1) is 0 Å². The molecule has 0 bridgehead atoms. The molecule has 2 unspecified atom stereocenters. The van der Waals surface area contributed by atoms with Crippen LogP contribution in [-0.4, -0.2) is 38.8 Å². The van der Waals surface area contributed by atoms with Crippen molar-refractivity contribution in [1.82, 2.24) is 10.6 Å². The van der Waals surface area contributed by atoms with Gasteiger partial charge in [0.05, 0.1) is 6.10 Å². The molecule has 0 spiro atoms. The number of hydrogen-bond donors (Lipinski definition) is 2. The van der Waals surface area contributed by atoms with Crippen LogP contribution in [0.15, 0.2) is 24.3 Å². The molecule has 4 heteroatoms. The van der Waals surface area contributed by atoms with E-state index in [1.54, 1.807) is 7.11 Å².